The van der Waals surface area contributed by atoms with Crippen LogP contribution in [0, 0.1) is 15.9 Å². The van der Waals surface area contributed by atoms with Crippen LogP contribution in [0.2, 0.25) is 5.02 Å². The van der Waals surface area contributed by atoms with Crippen molar-refractivity contribution in [3.63, 3.8) is 0 Å². The van der Waals surface area contributed by atoms with Gasteiger partial charge in [0.2, 0.25) is 5.91 Å². The SMILES string of the molecule is NC(=O)c1nn(CC(=O)NCc2cccc(Cl)c2F)c2ccc([N+](=O)[O-])c(C3CC(N)C3)c12. The molecule has 12 heteroatoms. The number of nitrogens with two attached hydrogens (primary N) is 2. The Morgan fingerprint density at radius 1 is 1.30 bits per heavy atom. The maximum Gasteiger partial charge on any atom is 0.273 e. The topological polar surface area (TPSA) is 159 Å². The van der Waals surface area contributed by atoms with Gasteiger partial charge >= 0.3 is 0 Å². The quantitative estimate of drug-likeness (QED) is 0.352. The van der Waals surface area contributed by atoms with Gasteiger partial charge in [-0.1, -0.05) is 23.7 Å². The molecule has 2 amide bonds. The molecule has 1 aromatic heterocycles. The minimum Gasteiger partial charge on any atom is -0.364 e. The molecule has 4 rings (SSSR count). The lowest BCUT2D eigenvalue weighted by Crippen LogP contribution is -2.35. The zero-order valence-corrected chi connectivity index (χ0v) is 18.0. The molecule has 33 heavy (non-hydrogen) atoms. The van der Waals surface area contributed by atoms with E-state index >= 15 is 0 Å². The summed E-state index contributed by atoms with van der Waals surface area (Å²) in [7, 11) is 0. The molecule has 0 saturated heterocycles. The summed E-state index contributed by atoms with van der Waals surface area (Å²) >= 11 is 5.76. The van der Waals surface area contributed by atoms with Crippen LogP contribution in [0.25, 0.3) is 10.9 Å². The number of fused-ring (bicyclic) bond motifs is 1. The molecule has 2 aromatic carbocycles. The molecule has 172 valence electrons. The van der Waals surface area contributed by atoms with Gasteiger partial charge < -0.3 is 16.8 Å². The fourth-order valence-corrected chi connectivity index (χ4v) is 4.31. The lowest BCUT2D eigenvalue weighted by atomic mass is 9.74. The molecule has 0 bridgehead atoms. The first-order valence-corrected chi connectivity index (χ1v) is 10.5. The number of rotatable bonds is 7. The number of aromatic nitrogens is 2. The average Bonchev–Trinajstić information content (AvgIpc) is 3.10. The Balaban J connectivity index is 1.68. The predicted molar refractivity (Wildman–Crippen MR) is 118 cm³/mol. The monoisotopic (exact) mass is 474 g/mol. The Kier molecular flexibility index (Phi) is 6.00. The molecule has 1 aliphatic rings. The third-order valence-electron chi connectivity index (χ3n) is 5.75. The summed E-state index contributed by atoms with van der Waals surface area (Å²) in [5.74, 6) is -2.24. The van der Waals surface area contributed by atoms with Crippen LogP contribution in [0.15, 0.2) is 30.3 Å². The highest BCUT2D eigenvalue weighted by Crippen LogP contribution is 2.44. The lowest BCUT2D eigenvalue weighted by molar-refractivity contribution is -0.385. The summed E-state index contributed by atoms with van der Waals surface area (Å²) in [5, 5.41) is 18.6. The Morgan fingerprint density at radius 3 is 2.67 bits per heavy atom. The van der Waals surface area contributed by atoms with E-state index in [1.54, 1.807) is 6.07 Å². The third kappa shape index (κ3) is 4.24. The first-order valence-electron chi connectivity index (χ1n) is 10.1. The lowest BCUT2D eigenvalue weighted by Gasteiger charge is -2.32. The number of amides is 2. The Bertz CT molecular complexity index is 1290. The number of carbonyl (C=O) groups excluding carboxylic acids is 2. The highest BCUT2D eigenvalue weighted by Gasteiger charge is 2.36. The first-order chi connectivity index (χ1) is 15.7. The van der Waals surface area contributed by atoms with Crippen LogP contribution in [0.5, 0.6) is 0 Å². The molecule has 0 aliphatic heterocycles. The zero-order valence-electron chi connectivity index (χ0n) is 17.3. The molecule has 1 heterocycles. The van der Waals surface area contributed by atoms with Crippen LogP contribution >= 0.6 is 11.6 Å². The van der Waals surface area contributed by atoms with Crippen molar-refractivity contribution in [1.82, 2.24) is 15.1 Å². The van der Waals surface area contributed by atoms with Crippen LogP contribution in [-0.2, 0) is 17.9 Å². The van der Waals surface area contributed by atoms with Gasteiger partial charge in [0.1, 0.15) is 12.4 Å². The van der Waals surface area contributed by atoms with Crippen LogP contribution in [0.4, 0.5) is 10.1 Å². The molecule has 1 aliphatic carbocycles. The van der Waals surface area contributed by atoms with Crippen LogP contribution in [-0.4, -0.2) is 32.6 Å². The van der Waals surface area contributed by atoms with Crippen LogP contribution in [0.1, 0.15) is 40.4 Å². The van der Waals surface area contributed by atoms with Crippen molar-refractivity contribution in [1.29, 1.82) is 0 Å². The summed E-state index contributed by atoms with van der Waals surface area (Å²) in [5.41, 5.74) is 12.0. The zero-order chi connectivity index (χ0) is 23.9. The van der Waals surface area contributed by atoms with Gasteiger partial charge in [-0.25, -0.2) is 4.39 Å². The van der Waals surface area contributed by atoms with Gasteiger partial charge in [0.25, 0.3) is 11.6 Å². The van der Waals surface area contributed by atoms with Crippen molar-refractivity contribution in [2.45, 2.75) is 37.9 Å². The molecular weight excluding hydrogens is 455 g/mol. The summed E-state index contributed by atoms with van der Waals surface area (Å²) in [6.07, 6.45) is 1.05. The van der Waals surface area contributed by atoms with Crippen LogP contribution in [0.3, 0.4) is 0 Å². The molecule has 0 radical (unpaired) electrons. The highest BCUT2D eigenvalue weighted by atomic mass is 35.5. The molecule has 0 spiro atoms. The number of nitro benzene ring substituents is 1. The summed E-state index contributed by atoms with van der Waals surface area (Å²) < 4.78 is 15.3. The van der Waals surface area contributed by atoms with Gasteiger partial charge in [0.15, 0.2) is 5.69 Å². The van der Waals surface area contributed by atoms with Gasteiger partial charge in [-0.3, -0.25) is 24.4 Å². The fourth-order valence-electron chi connectivity index (χ4n) is 4.12. The molecule has 0 unspecified atom stereocenters. The smallest absolute Gasteiger partial charge is 0.273 e. The maximum atomic E-state index is 14.1. The predicted octanol–water partition coefficient (Wildman–Crippen LogP) is 2.36. The van der Waals surface area contributed by atoms with E-state index in [1.165, 1.54) is 28.9 Å². The van der Waals surface area contributed by atoms with Crippen molar-refractivity contribution in [2.75, 3.05) is 0 Å². The van der Waals surface area contributed by atoms with E-state index in [0.29, 0.717) is 23.9 Å². The van der Waals surface area contributed by atoms with Crippen LogP contribution < -0.4 is 16.8 Å². The second-order valence-electron chi connectivity index (χ2n) is 7.94. The number of hydrogen-bond donors (Lipinski definition) is 3. The van der Waals surface area contributed by atoms with Crippen molar-refractivity contribution < 1.29 is 18.9 Å². The van der Waals surface area contributed by atoms with Crippen molar-refractivity contribution in [3.05, 3.63) is 68.1 Å². The summed E-state index contributed by atoms with van der Waals surface area (Å²) in [4.78, 5) is 35.8. The maximum absolute atomic E-state index is 14.1. The number of benzene rings is 2. The number of halogens is 2. The summed E-state index contributed by atoms with van der Waals surface area (Å²) in [6.45, 7) is -0.419. The minimum atomic E-state index is -0.870. The molecule has 1 fully saturated rings. The van der Waals surface area contributed by atoms with Gasteiger partial charge in [-0.05, 0) is 30.9 Å². The Labute approximate surface area is 191 Å². The number of hydrogen-bond acceptors (Lipinski definition) is 6. The van der Waals surface area contributed by atoms with E-state index < -0.39 is 22.6 Å². The number of primary amides is 1. The van der Waals surface area contributed by atoms with E-state index in [4.69, 9.17) is 23.1 Å². The van der Waals surface area contributed by atoms with E-state index in [-0.39, 0.29) is 52.4 Å². The Morgan fingerprint density at radius 2 is 2.03 bits per heavy atom. The molecule has 3 aromatic rings. The van der Waals surface area contributed by atoms with Gasteiger partial charge in [0.05, 0.1) is 15.5 Å². The normalized spacial score (nSPS) is 17.5. The van der Waals surface area contributed by atoms with Crippen molar-refractivity contribution in [2.24, 2.45) is 11.5 Å². The minimum absolute atomic E-state index is 0.0595. The van der Waals surface area contributed by atoms with Gasteiger partial charge in [-0.15, -0.1) is 0 Å². The first kappa shape index (κ1) is 22.6. The molecule has 5 N–H and O–H groups in total. The van der Waals surface area contributed by atoms with E-state index in [0.717, 1.165) is 0 Å². The van der Waals surface area contributed by atoms with E-state index in [9.17, 15) is 24.1 Å². The number of nitro groups is 1. The van der Waals surface area contributed by atoms with Crippen molar-refractivity contribution in [3.8, 4) is 0 Å². The molecule has 1 saturated carbocycles. The van der Waals surface area contributed by atoms with E-state index in [1.807, 2.05) is 0 Å². The fraction of sp³-hybridized carbons (Fsp3) is 0.286. The molecule has 0 atom stereocenters. The summed E-state index contributed by atoms with van der Waals surface area (Å²) in [6, 6.07) is 7.12. The average molecular weight is 475 g/mol. The molecule has 10 nitrogen and oxygen atoms in total. The van der Waals surface area contributed by atoms with Crippen molar-refractivity contribution >= 4 is 40.0 Å². The largest absolute Gasteiger partial charge is 0.364 e. The number of nitrogens with zero attached hydrogens (tertiary/aromatic N) is 3. The number of nitrogens with one attached hydrogen (secondary N) is 1. The second-order valence-corrected chi connectivity index (χ2v) is 8.35. The van der Waals surface area contributed by atoms with Gasteiger partial charge in [0, 0.05) is 35.2 Å². The third-order valence-corrected chi connectivity index (χ3v) is 6.04. The molecular formula is C21H20ClFN6O4. The van der Waals surface area contributed by atoms with Gasteiger partial charge in [-0.2, -0.15) is 5.10 Å². The Hall–Kier alpha value is -3.57. The highest BCUT2D eigenvalue weighted by molar-refractivity contribution is 6.30. The number of carbonyl (C=O) groups is 2. The standard InChI is InChI=1S/C21H20ClFN6O4/c22-13-3-1-2-10(19(13)23)8-26-16(30)9-28-14-4-5-15(29(32)33)17(11-6-12(24)7-11)18(14)20(27-28)21(25)31/h1-5,11-12H,6-9,24H2,(H2,25,31)(H,26,30). The van der Waals surface area contributed by atoms with E-state index in [2.05, 4.69) is 10.4 Å². The second kappa shape index (κ2) is 8.75.